The molecular weight excluding hydrogens is 395 g/mol. The number of halogens is 4. The van der Waals surface area contributed by atoms with E-state index in [1.54, 1.807) is 18.2 Å². The molecule has 2 N–H and O–H groups in total. The lowest BCUT2D eigenvalue weighted by Gasteiger charge is -2.15. The molecule has 2 aromatic carbocycles. The SMILES string of the molecule is O=S(=O)(NCC[C@H](O)c1cccc(Cl)c1)c1ccccc1OC(F)(F)F. The van der Waals surface area contributed by atoms with E-state index >= 15 is 0 Å². The number of hydrogen-bond acceptors (Lipinski definition) is 4. The summed E-state index contributed by atoms with van der Waals surface area (Å²) in [7, 11) is -4.26. The monoisotopic (exact) mass is 409 g/mol. The zero-order chi connectivity index (χ0) is 19.4. The molecule has 142 valence electrons. The Morgan fingerprint density at radius 2 is 1.85 bits per heavy atom. The molecule has 2 rings (SSSR count). The quantitative estimate of drug-likeness (QED) is 0.732. The topological polar surface area (TPSA) is 75.6 Å². The average Bonchev–Trinajstić information content (AvgIpc) is 2.53. The van der Waals surface area contributed by atoms with Crippen molar-refractivity contribution in [2.45, 2.75) is 23.8 Å². The zero-order valence-corrected chi connectivity index (χ0v) is 14.8. The Bertz CT molecular complexity index is 859. The van der Waals surface area contributed by atoms with E-state index in [2.05, 4.69) is 9.46 Å². The maximum absolute atomic E-state index is 12.4. The van der Waals surface area contributed by atoms with Gasteiger partial charge in [-0.3, -0.25) is 0 Å². The Morgan fingerprint density at radius 3 is 2.50 bits per heavy atom. The smallest absolute Gasteiger partial charge is 0.404 e. The molecule has 0 aromatic heterocycles. The van der Waals surface area contributed by atoms with Crippen LogP contribution in [-0.4, -0.2) is 26.4 Å². The normalized spacial score (nSPS) is 13.4. The predicted molar refractivity (Wildman–Crippen MR) is 89.3 cm³/mol. The molecule has 0 saturated heterocycles. The lowest BCUT2D eigenvalue weighted by molar-refractivity contribution is -0.275. The van der Waals surface area contributed by atoms with Crippen molar-refractivity contribution < 1.29 is 31.4 Å². The summed E-state index contributed by atoms with van der Waals surface area (Å²) in [4.78, 5) is -0.644. The van der Waals surface area contributed by atoms with Gasteiger partial charge in [-0.2, -0.15) is 0 Å². The number of hydrogen-bond donors (Lipinski definition) is 2. The highest BCUT2D eigenvalue weighted by Gasteiger charge is 2.33. The summed E-state index contributed by atoms with van der Waals surface area (Å²) in [6.07, 6.45) is -6.01. The van der Waals surface area contributed by atoms with Gasteiger partial charge in [0.15, 0.2) is 0 Å². The molecule has 0 saturated carbocycles. The van der Waals surface area contributed by atoms with Crippen LogP contribution < -0.4 is 9.46 Å². The fraction of sp³-hybridized carbons (Fsp3) is 0.250. The fourth-order valence-corrected chi connectivity index (χ4v) is 3.54. The summed E-state index contributed by atoms with van der Waals surface area (Å²) in [6.45, 7) is -0.198. The molecule has 0 amide bonds. The molecule has 0 radical (unpaired) electrons. The molecule has 0 unspecified atom stereocenters. The highest BCUT2D eigenvalue weighted by atomic mass is 35.5. The summed E-state index contributed by atoms with van der Waals surface area (Å²) in [6, 6.07) is 10.8. The minimum Gasteiger partial charge on any atom is -0.404 e. The number of nitrogens with one attached hydrogen (secondary N) is 1. The second-order valence-corrected chi connectivity index (χ2v) is 7.42. The van der Waals surface area contributed by atoms with Crippen molar-refractivity contribution >= 4 is 21.6 Å². The molecular formula is C16H15ClF3NO4S. The van der Waals surface area contributed by atoms with Crippen LogP contribution in [0.4, 0.5) is 13.2 Å². The third kappa shape index (κ3) is 5.87. The molecule has 10 heteroatoms. The van der Waals surface area contributed by atoms with E-state index < -0.39 is 33.1 Å². The summed E-state index contributed by atoms with van der Waals surface area (Å²) in [5.74, 6) is -0.831. The van der Waals surface area contributed by atoms with Gasteiger partial charge in [-0.1, -0.05) is 35.9 Å². The van der Waals surface area contributed by atoms with E-state index in [1.807, 2.05) is 0 Å². The average molecular weight is 410 g/mol. The van der Waals surface area contributed by atoms with Crippen molar-refractivity contribution in [2.24, 2.45) is 0 Å². The molecule has 0 aliphatic heterocycles. The molecule has 0 aliphatic carbocycles. The van der Waals surface area contributed by atoms with Gasteiger partial charge in [0.05, 0.1) is 6.10 Å². The maximum Gasteiger partial charge on any atom is 0.573 e. The first-order valence-electron chi connectivity index (χ1n) is 7.36. The van der Waals surface area contributed by atoms with Gasteiger partial charge in [0.25, 0.3) is 0 Å². The molecule has 1 atom stereocenters. The van der Waals surface area contributed by atoms with Crippen LogP contribution in [0.2, 0.25) is 5.02 Å². The first-order valence-corrected chi connectivity index (χ1v) is 9.22. The van der Waals surface area contributed by atoms with Crippen molar-refractivity contribution in [1.29, 1.82) is 0 Å². The van der Waals surface area contributed by atoms with Gasteiger partial charge in [-0.15, -0.1) is 13.2 Å². The van der Waals surface area contributed by atoms with Gasteiger partial charge >= 0.3 is 6.36 Å². The summed E-state index contributed by atoms with van der Waals surface area (Å²) < 4.78 is 67.6. The number of aliphatic hydroxyl groups excluding tert-OH is 1. The molecule has 0 heterocycles. The van der Waals surface area contributed by atoms with Crippen molar-refractivity contribution in [1.82, 2.24) is 4.72 Å². The second kappa shape index (κ2) is 8.26. The number of sulfonamides is 1. The van der Waals surface area contributed by atoms with Gasteiger partial charge in [0.1, 0.15) is 10.6 Å². The number of rotatable bonds is 7. The van der Waals surface area contributed by atoms with Gasteiger partial charge in [-0.05, 0) is 36.2 Å². The predicted octanol–water partition coefficient (Wildman–Crippen LogP) is 3.64. The summed E-state index contributed by atoms with van der Waals surface area (Å²) in [5.41, 5.74) is 0.498. The lowest BCUT2D eigenvalue weighted by Crippen LogP contribution is -2.27. The minimum atomic E-state index is -5.02. The van der Waals surface area contributed by atoms with Crippen LogP contribution >= 0.6 is 11.6 Å². The Balaban J connectivity index is 2.05. The number of para-hydroxylation sites is 1. The Labute approximate surface area is 153 Å². The van der Waals surface area contributed by atoms with E-state index in [-0.39, 0.29) is 13.0 Å². The van der Waals surface area contributed by atoms with Crippen LogP contribution in [0.5, 0.6) is 5.75 Å². The molecule has 0 fully saturated rings. The molecule has 0 spiro atoms. The minimum absolute atomic E-state index is 0.00185. The van der Waals surface area contributed by atoms with Gasteiger partial charge in [0.2, 0.25) is 10.0 Å². The standard InChI is InChI=1S/C16H15ClF3NO4S/c17-12-5-3-4-11(10-12)13(22)8-9-21-26(23,24)15-7-2-1-6-14(15)25-16(18,19)20/h1-7,10,13,21-22H,8-9H2/t13-/m0/s1. The highest BCUT2D eigenvalue weighted by molar-refractivity contribution is 7.89. The third-order valence-corrected chi connectivity index (χ3v) is 5.04. The van der Waals surface area contributed by atoms with E-state index in [1.165, 1.54) is 18.2 Å². The molecule has 0 aliphatic rings. The number of aliphatic hydroxyl groups is 1. The van der Waals surface area contributed by atoms with E-state index in [0.29, 0.717) is 10.6 Å². The van der Waals surface area contributed by atoms with E-state index in [4.69, 9.17) is 11.6 Å². The Kier molecular flexibility index (Phi) is 6.51. The van der Waals surface area contributed by atoms with Gasteiger partial charge in [0, 0.05) is 11.6 Å². The maximum atomic E-state index is 12.4. The van der Waals surface area contributed by atoms with Crippen molar-refractivity contribution in [3.8, 4) is 5.75 Å². The third-order valence-electron chi connectivity index (χ3n) is 3.31. The fourth-order valence-electron chi connectivity index (χ4n) is 2.17. The van der Waals surface area contributed by atoms with Crippen molar-refractivity contribution in [3.63, 3.8) is 0 Å². The molecule has 2 aromatic rings. The first-order chi connectivity index (χ1) is 12.1. The van der Waals surface area contributed by atoms with Crippen LogP contribution in [0.1, 0.15) is 18.1 Å². The Hall–Kier alpha value is -1.81. The summed E-state index contributed by atoms with van der Waals surface area (Å²) in [5, 5.41) is 10.5. The molecule has 26 heavy (non-hydrogen) atoms. The van der Waals surface area contributed by atoms with Crippen molar-refractivity contribution in [2.75, 3.05) is 6.54 Å². The molecule has 0 bridgehead atoms. The number of alkyl halides is 3. The van der Waals surface area contributed by atoms with E-state index in [0.717, 1.165) is 12.1 Å². The van der Waals surface area contributed by atoms with Crippen LogP contribution in [0, 0.1) is 0 Å². The summed E-state index contributed by atoms with van der Waals surface area (Å²) >= 11 is 5.82. The van der Waals surface area contributed by atoms with Crippen LogP contribution in [0.25, 0.3) is 0 Å². The van der Waals surface area contributed by atoms with Gasteiger partial charge in [-0.25, -0.2) is 13.1 Å². The van der Waals surface area contributed by atoms with Crippen LogP contribution in [0.3, 0.4) is 0 Å². The van der Waals surface area contributed by atoms with Crippen LogP contribution in [-0.2, 0) is 10.0 Å². The van der Waals surface area contributed by atoms with Gasteiger partial charge < -0.3 is 9.84 Å². The van der Waals surface area contributed by atoms with Crippen molar-refractivity contribution in [3.05, 3.63) is 59.1 Å². The molecule has 5 nitrogen and oxygen atoms in total. The number of ether oxygens (including phenoxy) is 1. The largest absolute Gasteiger partial charge is 0.573 e. The zero-order valence-electron chi connectivity index (χ0n) is 13.2. The second-order valence-electron chi connectivity index (χ2n) is 5.25. The number of benzene rings is 2. The Morgan fingerprint density at radius 1 is 1.15 bits per heavy atom. The highest BCUT2D eigenvalue weighted by Crippen LogP contribution is 2.29. The lowest BCUT2D eigenvalue weighted by atomic mass is 10.1. The first kappa shape index (κ1) is 20.5. The van der Waals surface area contributed by atoms with Crippen LogP contribution in [0.15, 0.2) is 53.4 Å². The van der Waals surface area contributed by atoms with E-state index in [9.17, 15) is 26.7 Å².